The van der Waals surface area contributed by atoms with Crippen molar-refractivity contribution in [3.05, 3.63) is 65.6 Å². The number of ether oxygens (including phenoxy) is 1. The van der Waals surface area contributed by atoms with E-state index in [2.05, 4.69) is 20.4 Å². The third-order valence-corrected chi connectivity index (χ3v) is 5.13. The smallest absolute Gasteiger partial charge is 0.255 e. The van der Waals surface area contributed by atoms with Gasteiger partial charge in [0.05, 0.1) is 18.4 Å². The van der Waals surface area contributed by atoms with Crippen LogP contribution in [0, 0.1) is 5.82 Å². The maximum atomic E-state index is 13.5. The highest BCUT2D eigenvalue weighted by molar-refractivity contribution is 5.96. The highest BCUT2D eigenvalue weighted by atomic mass is 19.1. The van der Waals surface area contributed by atoms with E-state index in [4.69, 9.17) is 4.74 Å². The minimum absolute atomic E-state index is 0.173. The molecule has 0 atom stereocenters. The molecule has 7 heteroatoms. The molecule has 0 spiro atoms. The number of H-pyrrole nitrogens is 1. The summed E-state index contributed by atoms with van der Waals surface area (Å²) < 4.78 is 18.7. The highest BCUT2D eigenvalue weighted by Gasteiger charge is 2.19. The summed E-state index contributed by atoms with van der Waals surface area (Å²) in [6.07, 6.45) is 4.33. The number of nitrogens with one attached hydrogen (secondary N) is 2. The number of methoxy groups -OCH3 is 1. The molecule has 0 bridgehead atoms. The van der Waals surface area contributed by atoms with Crippen molar-refractivity contribution in [3.63, 3.8) is 0 Å². The molecule has 1 saturated heterocycles. The predicted octanol–water partition coefficient (Wildman–Crippen LogP) is 3.75. The first-order valence-corrected chi connectivity index (χ1v) is 9.65. The number of rotatable bonds is 6. The van der Waals surface area contributed by atoms with E-state index < -0.39 is 5.82 Å². The standard InChI is InChI=1S/C22H23FN4O2/c1-29-20-8-7-17(23)12-18(20)22(28)24-13-15-5-4-6-16(11-15)21-19(14-25-26-21)27-9-2-3-10-27/h4-8,11-12,14H,2-3,9-10,13H2,1H3,(H,24,28)(H,25,26). The summed E-state index contributed by atoms with van der Waals surface area (Å²) in [6.45, 7) is 2.39. The van der Waals surface area contributed by atoms with Crippen LogP contribution in [-0.4, -0.2) is 36.3 Å². The number of aromatic amines is 1. The van der Waals surface area contributed by atoms with Crippen LogP contribution in [0.15, 0.2) is 48.7 Å². The van der Waals surface area contributed by atoms with Crippen LogP contribution in [0.3, 0.4) is 0 Å². The first-order chi connectivity index (χ1) is 14.2. The number of nitrogens with zero attached hydrogens (tertiary/aromatic N) is 2. The fourth-order valence-corrected chi connectivity index (χ4v) is 3.66. The molecule has 2 N–H and O–H groups in total. The van der Waals surface area contributed by atoms with E-state index in [0.717, 1.165) is 35.6 Å². The van der Waals surface area contributed by atoms with Gasteiger partial charge in [0, 0.05) is 31.4 Å². The number of hydrogen-bond donors (Lipinski definition) is 2. The zero-order chi connectivity index (χ0) is 20.2. The molecule has 2 aromatic carbocycles. The lowest BCUT2D eigenvalue weighted by Gasteiger charge is -2.17. The minimum Gasteiger partial charge on any atom is -0.496 e. The lowest BCUT2D eigenvalue weighted by Crippen LogP contribution is -2.23. The molecule has 0 saturated carbocycles. The third-order valence-electron chi connectivity index (χ3n) is 5.13. The van der Waals surface area contributed by atoms with E-state index in [-0.39, 0.29) is 11.5 Å². The van der Waals surface area contributed by atoms with Crippen LogP contribution in [0.5, 0.6) is 5.75 Å². The summed E-state index contributed by atoms with van der Waals surface area (Å²) in [5, 5.41) is 10.2. The maximum Gasteiger partial charge on any atom is 0.255 e. The van der Waals surface area contributed by atoms with Gasteiger partial charge in [0.1, 0.15) is 17.3 Å². The molecular formula is C22H23FN4O2. The van der Waals surface area contributed by atoms with Crippen molar-refractivity contribution in [1.29, 1.82) is 0 Å². The van der Waals surface area contributed by atoms with Crippen molar-refractivity contribution >= 4 is 11.6 Å². The number of halogens is 1. The second-order valence-electron chi connectivity index (χ2n) is 7.04. The van der Waals surface area contributed by atoms with Crippen LogP contribution in [0.25, 0.3) is 11.3 Å². The van der Waals surface area contributed by atoms with Gasteiger partial charge in [-0.15, -0.1) is 0 Å². The van der Waals surface area contributed by atoms with Crippen LogP contribution in [0.1, 0.15) is 28.8 Å². The van der Waals surface area contributed by atoms with Crippen LogP contribution in [-0.2, 0) is 6.54 Å². The largest absolute Gasteiger partial charge is 0.496 e. The van der Waals surface area contributed by atoms with Gasteiger partial charge in [-0.2, -0.15) is 5.10 Å². The molecule has 1 aromatic heterocycles. The van der Waals surface area contributed by atoms with Gasteiger partial charge in [-0.05, 0) is 42.7 Å². The molecular weight excluding hydrogens is 371 g/mol. The molecule has 0 unspecified atom stereocenters. The SMILES string of the molecule is COc1ccc(F)cc1C(=O)NCc1cccc(-c2n[nH]cc2N2CCCC2)c1. The van der Waals surface area contributed by atoms with E-state index in [1.165, 1.54) is 38.2 Å². The number of carbonyl (C=O) groups is 1. The van der Waals surface area contributed by atoms with Crippen molar-refractivity contribution in [3.8, 4) is 17.0 Å². The highest BCUT2D eigenvalue weighted by Crippen LogP contribution is 2.31. The lowest BCUT2D eigenvalue weighted by atomic mass is 10.1. The van der Waals surface area contributed by atoms with Gasteiger partial charge in [0.15, 0.2) is 0 Å². The molecule has 3 aromatic rings. The van der Waals surface area contributed by atoms with E-state index in [0.29, 0.717) is 12.3 Å². The molecule has 1 aliphatic rings. The second kappa shape index (κ2) is 8.34. The van der Waals surface area contributed by atoms with Crippen LogP contribution >= 0.6 is 0 Å². The predicted molar refractivity (Wildman–Crippen MR) is 110 cm³/mol. The normalized spacial score (nSPS) is 13.5. The number of aromatic nitrogens is 2. The topological polar surface area (TPSA) is 70.2 Å². The van der Waals surface area contributed by atoms with Gasteiger partial charge in [-0.3, -0.25) is 9.89 Å². The Morgan fingerprint density at radius 3 is 2.86 bits per heavy atom. The lowest BCUT2D eigenvalue weighted by molar-refractivity contribution is 0.0947. The van der Waals surface area contributed by atoms with E-state index in [9.17, 15) is 9.18 Å². The molecule has 2 heterocycles. The monoisotopic (exact) mass is 394 g/mol. The minimum atomic E-state index is -0.481. The van der Waals surface area contributed by atoms with Crippen LogP contribution in [0.4, 0.5) is 10.1 Å². The quantitative estimate of drug-likeness (QED) is 0.668. The Labute approximate surface area is 168 Å². The third kappa shape index (κ3) is 4.08. The number of benzene rings is 2. The first kappa shape index (κ1) is 19.0. The number of amides is 1. The average molecular weight is 394 g/mol. The Bertz CT molecular complexity index is 1010. The van der Waals surface area contributed by atoms with Gasteiger partial charge < -0.3 is 15.0 Å². The fraction of sp³-hybridized carbons (Fsp3) is 0.273. The zero-order valence-corrected chi connectivity index (χ0v) is 16.2. The summed E-state index contributed by atoms with van der Waals surface area (Å²) >= 11 is 0. The van der Waals surface area contributed by atoms with Crippen molar-refractivity contribution in [2.75, 3.05) is 25.1 Å². The number of hydrogen-bond acceptors (Lipinski definition) is 4. The fourth-order valence-electron chi connectivity index (χ4n) is 3.66. The molecule has 1 amide bonds. The van der Waals surface area contributed by atoms with Gasteiger partial charge in [0.2, 0.25) is 0 Å². The second-order valence-corrected chi connectivity index (χ2v) is 7.04. The van der Waals surface area contributed by atoms with Gasteiger partial charge in [0.25, 0.3) is 5.91 Å². The Morgan fingerprint density at radius 2 is 2.07 bits per heavy atom. The van der Waals surface area contributed by atoms with E-state index >= 15 is 0 Å². The summed E-state index contributed by atoms with van der Waals surface area (Å²) in [7, 11) is 1.45. The molecule has 0 radical (unpaired) electrons. The molecule has 29 heavy (non-hydrogen) atoms. The van der Waals surface area contributed by atoms with Crippen molar-refractivity contribution in [1.82, 2.24) is 15.5 Å². The summed E-state index contributed by atoms with van der Waals surface area (Å²) in [4.78, 5) is 14.8. The van der Waals surface area contributed by atoms with Crippen molar-refractivity contribution < 1.29 is 13.9 Å². The van der Waals surface area contributed by atoms with Crippen LogP contribution < -0.4 is 15.0 Å². The molecule has 4 rings (SSSR count). The maximum absolute atomic E-state index is 13.5. The van der Waals surface area contributed by atoms with Gasteiger partial charge in [-0.1, -0.05) is 18.2 Å². The Hall–Kier alpha value is -3.35. The van der Waals surface area contributed by atoms with Gasteiger partial charge >= 0.3 is 0 Å². The van der Waals surface area contributed by atoms with Crippen LogP contribution in [0.2, 0.25) is 0 Å². The van der Waals surface area contributed by atoms with E-state index in [1.807, 2.05) is 30.5 Å². The molecule has 6 nitrogen and oxygen atoms in total. The first-order valence-electron chi connectivity index (χ1n) is 9.65. The summed E-state index contributed by atoms with van der Waals surface area (Å²) in [5.41, 5.74) is 4.11. The zero-order valence-electron chi connectivity index (χ0n) is 16.2. The summed E-state index contributed by atoms with van der Waals surface area (Å²) in [6, 6.07) is 11.8. The molecule has 150 valence electrons. The van der Waals surface area contributed by atoms with Crippen molar-refractivity contribution in [2.45, 2.75) is 19.4 Å². The molecule has 1 aliphatic heterocycles. The Kier molecular flexibility index (Phi) is 5.46. The van der Waals surface area contributed by atoms with E-state index in [1.54, 1.807) is 0 Å². The average Bonchev–Trinajstić information content (AvgIpc) is 3.43. The molecule has 0 aliphatic carbocycles. The molecule has 1 fully saturated rings. The van der Waals surface area contributed by atoms with Gasteiger partial charge in [-0.25, -0.2) is 4.39 Å². The Morgan fingerprint density at radius 1 is 1.24 bits per heavy atom. The number of carbonyl (C=O) groups excluding carboxylic acids is 1. The van der Waals surface area contributed by atoms with Crippen molar-refractivity contribution in [2.24, 2.45) is 0 Å². The number of anilines is 1. The Balaban J connectivity index is 1.50. The summed E-state index contributed by atoms with van der Waals surface area (Å²) in [5.74, 6) is -0.528.